The third kappa shape index (κ3) is 4.88. The van der Waals surface area contributed by atoms with Gasteiger partial charge in [0.05, 0.1) is 22.5 Å². The number of benzene rings is 5. The van der Waals surface area contributed by atoms with Crippen LogP contribution in [0.15, 0.2) is 54.6 Å². The van der Waals surface area contributed by atoms with Gasteiger partial charge in [-0.1, -0.05) is 48.0 Å². The van der Waals surface area contributed by atoms with Crippen LogP contribution in [-0.4, -0.2) is 4.98 Å². The quantitative estimate of drug-likeness (QED) is 0.101. The minimum absolute atomic E-state index is 0.277. The molecule has 0 aliphatic heterocycles. The highest BCUT2D eigenvalue weighted by atomic mass is 19.2. The van der Waals surface area contributed by atoms with Crippen molar-refractivity contribution in [2.75, 3.05) is 0 Å². The second-order valence-corrected chi connectivity index (χ2v) is 13.1. The molecule has 1 aromatic heterocycles. The van der Waals surface area contributed by atoms with Crippen molar-refractivity contribution in [2.24, 2.45) is 0 Å². The van der Waals surface area contributed by atoms with Gasteiger partial charge in [-0.2, -0.15) is 0 Å². The molecule has 0 spiro atoms. The number of halogens is 10. The maximum atomic E-state index is 15.0. The van der Waals surface area contributed by atoms with Crippen molar-refractivity contribution in [3.63, 3.8) is 0 Å². The zero-order chi connectivity index (χ0) is 36.9. The van der Waals surface area contributed by atoms with Crippen molar-refractivity contribution in [1.29, 1.82) is 0 Å². The second kappa shape index (κ2) is 12.1. The zero-order valence-corrected chi connectivity index (χ0v) is 27.3. The number of fused-ring (bicyclic) bond motifs is 6. The first-order chi connectivity index (χ1) is 24.8. The lowest BCUT2D eigenvalue weighted by Crippen LogP contribution is -2.15. The third-order valence-corrected chi connectivity index (χ3v) is 10.1. The highest BCUT2D eigenvalue weighted by Gasteiger charge is 2.33. The summed E-state index contributed by atoms with van der Waals surface area (Å²) in [5, 5.41) is 0. The Morgan fingerprint density at radius 2 is 0.808 bits per heavy atom. The molecule has 0 bridgehead atoms. The van der Waals surface area contributed by atoms with Gasteiger partial charge in [0.2, 0.25) is 11.6 Å². The topological polar surface area (TPSA) is 12.9 Å². The van der Waals surface area contributed by atoms with E-state index in [-0.39, 0.29) is 11.1 Å². The van der Waals surface area contributed by atoms with Crippen LogP contribution in [0.1, 0.15) is 33.4 Å². The number of aromatic nitrogens is 1. The summed E-state index contributed by atoms with van der Waals surface area (Å²) in [7, 11) is 0. The second-order valence-electron chi connectivity index (χ2n) is 13.1. The molecule has 1 nitrogen and oxygen atoms in total. The lowest BCUT2D eigenvalue weighted by molar-refractivity contribution is 0.381. The highest BCUT2D eigenvalue weighted by molar-refractivity contribution is 5.91. The minimum atomic E-state index is -2.28. The molecule has 2 aliphatic carbocycles. The van der Waals surface area contributed by atoms with E-state index in [9.17, 15) is 26.3 Å². The van der Waals surface area contributed by atoms with Crippen LogP contribution in [0.25, 0.3) is 55.9 Å². The zero-order valence-electron chi connectivity index (χ0n) is 27.3. The van der Waals surface area contributed by atoms with Crippen LogP contribution in [0.3, 0.4) is 0 Å². The van der Waals surface area contributed by atoms with Gasteiger partial charge in [-0.25, -0.2) is 48.9 Å². The molecule has 1 heterocycles. The van der Waals surface area contributed by atoms with Crippen molar-refractivity contribution in [2.45, 2.75) is 39.5 Å². The molecule has 8 rings (SSSR count). The summed E-state index contributed by atoms with van der Waals surface area (Å²) in [6.07, 6.45) is 1.87. The predicted octanol–water partition coefficient (Wildman–Crippen LogP) is 11.6. The number of hydrogen-bond acceptors (Lipinski definition) is 1. The fraction of sp³-hybridized carbons (Fsp3) is 0.146. The van der Waals surface area contributed by atoms with E-state index in [4.69, 9.17) is 4.98 Å². The first-order valence-corrected chi connectivity index (χ1v) is 16.2. The van der Waals surface area contributed by atoms with Gasteiger partial charge in [-0.15, -0.1) is 0 Å². The fourth-order valence-corrected chi connectivity index (χ4v) is 7.59. The molecule has 0 fully saturated rings. The average molecular weight is 720 g/mol. The Labute approximate surface area is 290 Å². The summed E-state index contributed by atoms with van der Waals surface area (Å²) in [6.45, 7) is 3.86. The van der Waals surface area contributed by atoms with E-state index in [1.54, 1.807) is 12.1 Å². The Morgan fingerprint density at radius 1 is 0.404 bits per heavy atom. The van der Waals surface area contributed by atoms with Crippen LogP contribution >= 0.6 is 0 Å². The summed E-state index contributed by atoms with van der Waals surface area (Å²) < 4.78 is 145. The molecule has 0 saturated heterocycles. The molecule has 0 atom stereocenters. The van der Waals surface area contributed by atoms with Crippen molar-refractivity contribution in [1.82, 2.24) is 4.98 Å². The van der Waals surface area contributed by atoms with E-state index in [0.29, 0.717) is 59.3 Å². The van der Waals surface area contributed by atoms with Gasteiger partial charge in [0, 0.05) is 11.1 Å². The monoisotopic (exact) mass is 719 g/mol. The minimum Gasteiger partial charge on any atom is -0.247 e. The summed E-state index contributed by atoms with van der Waals surface area (Å²) >= 11 is 0. The Kier molecular flexibility index (Phi) is 7.82. The molecule has 0 radical (unpaired) electrons. The largest absolute Gasteiger partial charge is 0.247 e. The highest BCUT2D eigenvalue weighted by Crippen LogP contribution is 2.48. The standard InChI is InChI=1S/C41H23F10N/c1-16-3-10-22(17(2)13-16)29-23-11-8-18-4-6-20(27-30(42)34(46)38(50)35(47)31(27)43)14-25(18)40(23)52-41-24(29)12-9-19-5-7-21(15-26(19)41)28-32(44)36(48)39(51)37(49)33(28)45/h3-7,10,13-15H,8-9,11-12H2,1-2H3. The first kappa shape index (κ1) is 33.7. The predicted molar refractivity (Wildman–Crippen MR) is 175 cm³/mol. The van der Waals surface area contributed by atoms with Crippen LogP contribution in [-0.2, 0) is 25.7 Å². The number of aryl methyl sites for hydroxylation is 4. The first-order valence-electron chi connectivity index (χ1n) is 16.2. The number of nitrogens with zero attached hydrogens (tertiary/aromatic N) is 1. The molecule has 0 amide bonds. The summed E-state index contributed by atoms with van der Waals surface area (Å²) in [6, 6.07) is 14.1. The van der Waals surface area contributed by atoms with Crippen molar-refractivity contribution in [3.05, 3.63) is 146 Å². The van der Waals surface area contributed by atoms with E-state index in [1.807, 2.05) is 32.0 Å². The van der Waals surface area contributed by atoms with Crippen molar-refractivity contribution < 1.29 is 43.9 Å². The van der Waals surface area contributed by atoms with Gasteiger partial charge in [0.15, 0.2) is 46.5 Å². The normalized spacial score (nSPS) is 13.1. The molecule has 0 N–H and O–H groups in total. The fourth-order valence-electron chi connectivity index (χ4n) is 7.59. The Hall–Kier alpha value is -5.45. The van der Waals surface area contributed by atoms with Crippen LogP contribution in [0, 0.1) is 72.0 Å². The number of rotatable bonds is 3. The Bertz CT molecular complexity index is 2350. The van der Waals surface area contributed by atoms with Gasteiger partial charge >= 0.3 is 0 Å². The van der Waals surface area contributed by atoms with E-state index in [1.165, 1.54) is 24.3 Å². The van der Waals surface area contributed by atoms with E-state index < -0.39 is 69.3 Å². The summed E-state index contributed by atoms with van der Waals surface area (Å²) in [5.74, 6) is -20.9. The molecule has 262 valence electrons. The van der Waals surface area contributed by atoms with Gasteiger partial charge < -0.3 is 0 Å². The van der Waals surface area contributed by atoms with Gasteiger partial charge in [-0.05, 0) is 102 Å². The maximum Gasteiger partial charge on any atom is 0.200 e. The molecular weight excluding hydrogens is 696 g/mol. The summed E-state index contributed by atoms with van der Waals surface area (Å²) in [5.41, 5.74) is 5.18. The average Bonchev–Trinajstić information content (AvgIpc) is 3.14. The van der Waals surface area contributed by atoms with Crippen LogP contribution < -0.4 is 0 Å². The smallest absolute Gasteiger partial charge is 0.200 e. The molecule has 2 aliphatic rings. The van der Waals surface area contributed by atoms with Crippen LogP contribution in [0.5, 0.6) is 0 Å². The van der Waals surface area contributed by atoms with E-state index in [2.05, 4.69) is 0 Å². The SMILES string of the molecule is Cc1ccc(-c2c3c(nc4c2CCc2ccc(-c5c(F)c(F)c(F)c(F)c5F)cc2-4)-c2cc(-c4c(F)c(F)c(F)c(F)c4F)ccc2CC3)c(C)c1. The van der Waals surface area contributed by atoms with Crippen molar-refractivity contribution >= 4 is 0 Å². The Morgan fingerprint density at radius 3 is 1.21 bits per heavy atom. The third-order valence-electron chi connectivity index (χ3n) is 10.1. The maximum absolute atomic E-state index is 15.0. The molecule has 11 heteroatoms. The molecule has 0 unspecified atom stereocenters. The van der Waals surface area contributed by atoms with Crippen molar-refractivity contribution in [3.8, 4) is 55.9 Å². The van der Waals surface area contributed by atoms with Gasteiger partial charge in [0.1, 0.15) is 0 Å². The van der Waals surface area contributed by atoms with Gasteiger partial charge in [-0.3, -0.25) is 0 Å². The summed E-state index contributed by atoms with van der Waals surface area (Å²) in [4.78, 5) is 5.04. The molecule has 0 saturated carbocycles. The lowest BCUT2D eigenvalue weighted by Gasteiger charge is -2.30. The Balaban J connectivity index is 1.42. The molecule has 5 aromatic carbocycles. The molecule has 6 aromatic rings. The lowest BCUT2D eigenvalue weighted by atomic mass is 9.77. The number of hydrogen-bond donors (Lipinski definition) is 0. The van der Waals surface area contributed by atoms with E-state index >= 15 is 17.6 Å². The number of pyridine rings is 1. The van der Waals surface area contributed by atoms with E-state index in [0.717, 1.165) is 33.4 Å². The molecule has 52 heavy (non-hydrogen) atoms. The molecular formula is C41H23F10N. The van der Waals surface area contributed by atoms with Crippen LogP contribution in [0.2, 0.25) is 0 Å². The van der Waals surface area contributed by atoms with Crippen LogP contribution in [0.4, 0.5) is 43.9 Å². The van der Waals surface area contributed by atoms with Gasteiger partial charge in [0.25, 0.3) is 0 Å².